The van der Waals surface area contributed by atoms with Crippen LogP contribution >= 0.6 is 0 Å². The first-order valence-corrected chi connectivity index (χ1v) is 10.9. The van der Waals surface area contributed by atoms with Crippen LogP contribution in [0, 0.1) is 24.2 Å². The Balaban J connectivity index is 1.62. The van der Waals surface area contributed by atoms with Crippen LogP contribution in [0.5, 0.6) is 0 Å². The summed E-state index contributed by atoms with van der Waals surface area (Å²) < 4.78 is 1.59. The number of nitrogens with zero attached hydrogens (tertiary/aromatic N) is 4. The zero-order valence-electron chi connectivity index (χ0n) is 18.2. The average molecular weight is 421 g/mol. The third-order valence-electron chi connectivity index (χ3n) is 6.18. The molecule has 0 N–H and O–H groups in total. The maximum Gasteiger partial charge on any atom is 0.252 e. The minimum Gasteiger partial charge on any atom is -0.339 e. The summed E-state index contributed by atoms with van der Waals surface area (Å²) >= 11 is 0. The number of anilines is 2. The Labute approximate surface area is 187 Å². The van der Waals surface area contributed by atoms with Gasteiger partial charge in [0.1, 0.15) is 17.3 Å². The Hall–Kier alpha value is -3.91. The molecule has 0 amide bonds. The van der Waals surface area contributed by atoms with Gasteiger partial charge in [-0.15, -0.1) is 0 Å². The number of aryl methyl sites for hydroxylation is 2. The van der Waals surface area contributed by atoms with E-state index in [2.05, 4.69) is 71.4 Å². The van der Waals surface area contributed by atoms with Crippen molar-refractivity contribution in [2.24, 2.45) is 13.0 Å². The van der Waals surface area contributed by atoms with Gasteiger partial charge in [-0.25, -0.2) is 4.98 Å². The van der Waals surface area contributed by atoms with Crippen molar-refractivity contribution >= 4 is 22.4 Å². The Morgan fingerprint density at radius 1 is 1.03 bits per heavy atom. The molecule has 158 valence electrons. The molecule has 0 bridgehead atoms. The maximum absolute atomic E-state index is 12.8. The second kappa shape index (κ2) is 7.97. The predicted molar refractivity (Wildman–Crippen MR) is 128 cm³/mol. The van der Waals surface area contributed by atoms with Gasteiger partial charge in [0.05, 0.1) is 11.2 Å². The van der Waals surface area contributed by atoms with Crippen LogP contribution in [-0.4, -0.2) is 16.1 Å². The summed E-state index contributed by atoms with van der Waals surface area (Å²) in [6.45, 7) is 2.91. The van der Waals surface area contributed by atoms with Gasteiger partial charge in [0.15, 0.2) is 0 Å². The van der Waals surface area contributed by atoms with Gasteiger partial charge in [-0.2, -0.15) is 5.26 Å². The first-order chi connectivity index (χ1) is 15.5. The minimum absolute atomic E-state index is 0.0870. The van der Waals surface area contributed by atoms with Gasteiger partial charge in [-0.1, -0.05) is 42.0 Å². The Kier molecular flexibility index (Phi) is 4.99. The first-order valence-electron chi connectivity index (χ1n) is 10.9. The number of hydrogen-bond acceptors (Lipinski definition) is 4. The highest BCUT2D eigenvalue weighted by Gasteiger charge is 2.27. The topological polar surface area (TPSA) is 61.9 Å². The van der Waals surface area contributed by atoms with E-state index in [4.69, 9.17) is 0 Å². The highest BCUT2D eigenvalue weighted by atomic mass is 16.1. The predicted octanol–water partition coefficient (Wildman–Crippen LogP) is 5.33. The third kappa shape index (κ3) is 3.76. The molecule has 5 rings (SSSR count). The van der Waals surface area contributed by atoms with Gasteiger partial charge in [-0.3, -0.25) is 4.79 Å². The van der Waals surface area contributed by atoms with Crippen LogP contribution in [-0.2, 0) is 7.05 Å². The summed E-state index contributed by atoms with van der Waals surface area (Å²) in [4.78, 5) is 19.5. The molecule has 0 unspecified atom stereocenters. The number of fused-ring (bicyclic) bond motifs is 1. The van der Waals surface area contributed by atoms with Gasteiger partial charge in [0, 0.05) is 25.3 Å². The van der Waals surface area contributed by atoms with Gasteiger partial charge < -0.3 is 9.47 Å². The lowest BCUT2D eigenvalue weighted by Gasteiger charge is -2.26. The van der Waals surface area contributed by atoms with E-state index in [0.29, 0.717) is 17.1 Å². The summed E-state index contributed by atoms with van der Waals surface area (Å²) in [6, 6.07) is 24.2. The van der Waals surface area contributed by atoms with Gasteiger partial charge in [-0.05, 0) is 61.1 Å². The highest BCUT2D eigenvalue weighted by Crippen LogP contribution is 2.37. The minimum atomic E-state index is -0.0870. The molecule has 0 radical (unpaired) electrons. The van der Waals surface area contributed by atoms with Crippen LogP contribution in [0.3, 0.4) is 0 Å². The lowest BCUT2D eigenvalue weighted by Crippen LogP contribution is -2.25. The van der Waals surface area contributed by atoms with E-state index in [9.17, 15) is 10.1 Å². The zero-order chi connectivity index (χ0) is 22.2. The zero-order valence-corrected chi connectivity index (χ0v) is 18.2. The molecule has 1 aliphatic carbocycles. The van der Waals surface area contributed by atoms with E-state index in [1.807, 2.05) is 6.07 Å². The SMILES string of the molecule is Cc1ccc(-c2ccc(N(CC3CC3)c3cc(=O)n(C)c4ccc(C#N)nc34)cc2)cc1. The third-order valence-corrected chi connectivity index (χ3v) is 6.18. The molecule has 32 heavy (non-hydrogen) atoms. The summed E-state index contributed by atoms with van der Waals surface area (Å²) in [7, 11) is 1.74. The molecule has 0 aliphatic heterocycles. The molecule has 0 spiro atoms. The van der Waals surface area contributed by atoms with Crippen LogP contribution in [0.25, 0.3) is 22.2 Å². The Morgan fingerprint density at radius 3 is 2.31 bits per heavy atom. The largest absolute Gasteiger partial charge is 0.339 e. The number of benzene rings is 2. The van der Waals surface area contributed by atoms with E-state index in [0.717, 1.165) is 29.0 Å². The molecule has 1 fully saturated rings. The summed E-state index contributed by atoms with van der Waals surface area (Å²) in [6.07, 6.45) is 2.38. The second-order valence-electron chi connectivity index (χ2n) is 8.57. The monoisotopic (exact) mass is 420 g/mol. The van der Waals surface area contributed by atoms with E-state index >= 15 is 0 Å². The number of rotatable bonds is 5. The Morgan fingerprint density at radius 2 is 1.69 bits per heavy atom. The van der Waals surface area contributed by atoms with Crippen LogP contribution in [0.15, 0.2) is 71.5 Å². The molecule has 0 atom stereocenters. The molecule has 2 heterocycles. The molecule has 4 aromatic rings. The van der Waals surface area contributed by atoms with Gasteiger partial charge in [0.25, 0.3) is 5.56 Å². The van der Waals surface area contributed by atoms with Crippen LogP contribution in [0.4, 0.5) is 11.4 Å². The molecule has 0 saturated heterocycles. The summed E-state index contributed by atoms with van der Waals surface area (Å²) in [5, 5.41) is 9.38. The standard InChI is InChI=1S/C27H24N4O/c1-18-3-7-20(8-4-18)21-9-12-23(13-10-21)31(17-19-5-6-19)25-15-26(32)30(2)24-14-11-22(16-28)29-27(24)25/h3-4,7-15,19H,5-6,17H2,1-2H3. The lowest BCUT2D eigenvalue weighted by atomic mass is 10.0. The van der Waals surface area contributed by atoms with E-state index in [1.54, 1.807) is 23.7 Å². The lowest BCUT2D eigenvalue weighted by molar-refractivity contribution is 0.811. The van der Waals surface area contributed by atoms with Gasteiger partial charge in [0.2, 0.25) is 0 Å². The van der Waals surface area contributed by atoms with Crippen LogP contribution in [0.2, 0.25) is 0 Å². The molecule has 2 aromatic carbocycles. The quantitative estimate of drug-likeness (QED) is 0.438. The van der Waals surface area contributed by atoms with E-state index in [-0.39, 0.29) is 5.56 Å². The molecular weight excluding hydrogens is 396 g/mol. The first kappa shape index (κ1) is 20.0. The normalized spacial score (nSPS) is 13.2. The highest BCUT2D eigenvalue weighted by molar-refractivity contribution is 5.91. The summed E-state index contributed by atoms with van der Waals surface area (Å²) in [5.74, 6) is 0.602. The summed E-state index contributed by atoms with van der Waals surface area (Å²) in [5.41, 5.74) is 7.01. The maximum atomic E-state index is 12.8. The van der Waals surface area contributed by atoms with E-state index < -0.39 is 0 Å². The number of pyridine rings is 2. The van der Waals surface area contributed by atoms with Gasteiger partial charge >= 0.3 is 0 Å². The fourth-order valence-electron chi connectivity index (χ4n) is 4.06. The fourth-order valence-corrected chi connectivity index (χ4v) is 4.06. The van der Waals surface area contributed by atoms with Crippen molar-refractivity contribution in [1.82, 2.24) is 9.55 Å². The average Bonchev–Trinajstić information content (AvgIpc) is 3.65. The molecule has 5 heteroatoms. The molecular formula is C27H24N4O. The van der Waals surface area contributed by atoms with Crippen molar-refractivity contribution in [3.8, 4) is 17.2 Å². The van der Waals surface area contributed by atoms with Crippen molar-refractivity contribution < 1.29 is 0 Å². The molecule has 1 saturated carbocycles. The fraction of sp³-hybridized carbons (Fsp3) is 0.222. The van der Waals surface area contributed by atoms with Crippen LogP contribution < -0.4 is 10.5 Å². The smallest absolute Gasteiger partial charge is 0.252 e. The molecule has 1 aliphatic rings. The van der Waals surface area contributed by atoms with Crippen molar-refractivity contribution in [1.29, 1.82) is 5.26 Å². The molecule has 2 aromatic heterocycles. The Bertz CT molecular complexity index is 1390. The van der Waals surface area contributed by atoms with Crippen molar-refractivity contribution in [2.75, 3.05) is 11.4 Å². The van der Waals surface area contributed by atoms with Crippen molar-refractivity contribution in [2.45, 2.75) is 19.8 Å². The number of nitriles is 1. The second-order valence-corrected chi connectivity index (χ2v) is 8.57. The van der Waals surface area contributed by atoms with Crippen molar-refractivity contribution in [3.05, 3.63) is 88.3 Å². The van der Waals surface area contributed by atoms with E-state index in [1.165, 1.54) is 24.0 Å². The number of aromatic nitrogens is 2. The molecule has 5 nitrogen and oxygen atoms in total. The number of hydrogen-bond donors (Lipinski definition) is 0. The van der Waals surface area contributed by atoms with Crippen LogP contribution in [0.1, 0.15) is 24.1 Å². The van der Waals surface area contributed by atoms with Crippen molar-refractivity contribution in [3.63, 3.8) is 0 Å².